The number of hydrogen-bond donors (Lipinski definition) is 1. The molecule has 0 saturated carbocycles. The second kappa shape index (κ2) is 5.76. The van der Waals surface area contributed by atoms with Crippen molar-refractivity contribution in [3.63, 3.8) is 0 Å². The molecule has 2 rings (SSSR count). The van der Waals surface area contributed by atoms with Crippen molar-refractivity contribution in [2.75, 3.05) is 4.72 Å². The lowest BCUT2D eigenvalue weighted by Gasteiger charge is -2.13. The van der Waals surface area contributed by atoms with E-state index >= 15 is 0 Å². The summed E-state index contributed by atoms with van der Waals surface area (Å²) >= 11 is 0. The minimum absolute atomic E-state index is 0.323. The molecule has 0 aromatic heterocycles. The zero-order chi connectivity index (χ0) is 17.4. The van der Waals surface area contributed by atoms with E-state index in [0.29, 0.717) is 24.3 Å². The number of anilines is 1. The molecule has 0 aliphatic rings. The highest BCUT2D eigenvalue weighted by molar-refractivity contribution is 7.92. The molecular weight excluding hydrogens is 348 g/mol. The van der Waals surface area contributed by atoms with Crippen molar-refractivity contribution < 1.29 is 34.8 Å². The molecule has 0 heterocycles. The molecule has 0 aliphatic heterocycles. The van der Waals surface area contributed by atoms with Crippen LogP contribution in [0, 0.1) is 17.5 Å². The van der Waals surface area contributed by atoms with Gasteiger partial charge in [0.1, 0.15) is 0 Å². The third-order valence-corrected chi connectivity index (χ3v) is 4.11. The van der Waals surface area contributed by atoms with E-state index in [9.17, 15) is 34.8 Å². The number of nitrogens with one attached hydrogen (secondary N) is 1. The second-order valence-electron chi connectivity index (χ2n) is 4.35. The molecule has 0 atom stereocenters. The average molecular weight is 355 g/mol. The maximum atomic E-state index is 13.8. The van der Waals surface area contributed by atoms with E-state index in [1.165, 1.54) is 0 Å². The zero-order valence-electron chi connectivity index (χ0n) is 11.0. The highest BCUT2D eigenvalue weighted by Crippen LogP contribution is 2.34. The van der Waals surface area contributed by atoms with E-state index in [1.54, 1.807) is 4.72 Å². The molecule has 23 heavy (non-hydrogen) atoms. The molecule has 0 saturated heterocycles. The molecule has 0 aliphatic carbocycles. The third-order valence-electron chi connectivity index (χ3n) is 2.75. The molecule has 2 aromatic carbocycles. The summed E-state index contributed by atoms with van der Waals surface area (Å²) in [6.45, 7) is 0. The van der Waals surface area contributed by atoms with Gasteiger partial charge in [0, 0.05) is 0 Å². The predicted octanol–water partition coefficient (Wildman–Crippen LogP) is 3.92. The van der Waals surface area contributed by atoms with Gasteiger partial charge in [-0.05, 0) is 30.3 Å². The van der Waals surface area contributed by atoms with Gasteiger partial charge in [0.25, 0.3) is 10.0 Å². The van der Waals surface area contributed by atoms with Gasteiger partial charge in [-0.25, -0.2) is 21.6 Å². The fourth-order valence-electron chi connectivity index (χ4n) is 1.68. The normalized spacial score (nSPS) is 12.3. The van der Waals surface area contributed by atoms with Gasteiger partial charge in [-0.3, -0.25) is 4.72 Å². The van der Waals surface area contributed by atoms with Crippen LogP contribution in [0.15, 0.2) is 41.3 Å². The minimum atomic E-state index is -5.02. The van der Waals surface area contributed by atoms with Crippen molar-refractivity contribution in [1.82, 2.24) is 0 Å². The summed E-state index contributed by atoms with van der Waals surface area (Å²) in [5.74, 6) is -4.61. The smallest absolute Gasteiger partial charge is 0.277 e. The molecule has 124 valence electrons. The molecule has 0 unspecified atom stereocenters. The predicted molar refractivity (Wildman–Crippen MR) is 68.6 cm³/mol. The van der Waals surface area contributed by atoms with Crippen LogP contribution in [0.25, 0.3) is 0 Å². The van der Waals surface area contributed by atoms with E-state index in [1.807, 2.05) is 0 Å². The number of benzene rings is 2. The van der Waals surface area contributed by atoms with Gasteiger partial charge in [0.15, 0.2) is 17.5 Å². The van der Waals surface area contributed by atoms with Gasteiger partial charge in [0.2, 0.25) is 0 Å². The van der Waals surface area contributed by atoms with Crippen LogP contribution in [0.2, 0.25) is 0 Å². The van der Waals surface area contributed by atoms with Gasteiger partial charge in [0.05, 0.1) is 16.1 Å². The topological polar surface area (TPSA) is 46.2 Å². The maximum absolute atomic E-state index is 13.8. The van der Waals surface area contributed by atoms with Gasteiger partial charge < -0.3 is 0 Å². The molecule has 0 amide bonds. The Hall–Kier alpha value is -2.23. The summed E-state index contributed by atoms with van der Waals surface area (Å²) in [5, 5.41) is 0. The Balaban J connectivity index is 2.44. The summed E-state index contributed by atoms with van der Waals surface area (Å²) in [7, 11) is -4.60. The Bertz CT molecular complexity index is 848. The number of alkyl halides is 3. The molecule has 2 aromatic rings. The first-order valence-corrected chi connectivity index (χ1v) is 7.34. The number of halogens is 6. The second-order valence-corrected chi connectivity index (χ2v) is 6.03. The third kappa shape index (κ3) is 3.58. The number of hydrogen-bond acceptors (Lipinski definition) is 2. The van der Waals surface area contributed by atoms with E-state index < -0.39 is 49.8 Å². The van der Waals surface area contributed by atoms with Crippen LogP contribution in [0.5, 0.6) is 0 Å². The summed E-state index contributed by atoms with van der Waals surface area (Å²) in [4.78, 5) is -0.770. The largest absolute Gasteiger partial charge is 0.419 e. The highest BCUT2D eigenvalue weighted by Gasteiger charge is 2.35. The summed E-state index contributed by atoms with van der Waals surface area (Å²) in [6, 6.07) is 3.53. The van der Waals surface area contributed by atoms with Gasteiger partial charge >= 0.3 is 6.18 Å². The molecule has 0 spiro atoms. The fraction of sp³-hybridized carbons (Fsp3) is 0.0769. The molecule has 1 N–H and O–H groups in total. The Labute approximate surface area is 126 Å². The van der Waals surface area contributed by atoms with Crippen molar-refractivity contribution in [3.8, 4) is 0 Å². The van der Waals surface area contributed by atoms with Crippen LogP contribution in [-0.4, -0.2) is 8.42 Å². The maximum Gasteiger partial charge on any atom is 0.419 e. The first-order chi connectivity index (χ1) is 10.5. The first kappa shape index (κ1) is 17.1. The number of sulfonamides is 1. The van der Waals surface area contributed by atoms with Crippen LogP contribution >= 0.6 is 0 Å². The Morgan fingerprint density at radius 1 is 0.913 bits per heavy atom. The molecule has 10 heteroatoms. The molecular formula is C13H7F6NO2S. The quantitative estimate of drug-likeness (QED) is 0.849. The highest BCUT2D eigenvalue weighted by atomic mass is 32.2. The summed E-state index contributed by atoms with van der Waals surface area (Å²) < 4.78 is 103. The van der Waals surface area contributed by atoms with Crippen LogP contribution in [0.1, 0.15) is 5.56 Å². The Morgan fingerprint density at radius 2 is 1.57 bits per heavy atom. The fourth-order valence-corrected chi connectivity index (χ4v) is 2.75. The van der Waals surface area contributed by atoms with Crippen LogP contribution < -0.4 is 4.72 Å². The molecule has 3 nitrogen and oxygen atoms in total. The van der Waals surface area contributed by atoms with E-state index in [2.05, 4.69) is 0 Å². The van der Waals surface area contributed by atoms with Crippen LogP contribution in [0.3, 0.4) is 0 Å². The lowest BCUT2D eigenvalue weighted by molar-refractivity contribution is -0.139. The van der Waals surface area contributed by atoms with Gasteiger partial charge in [-0.1, -0.05) is 6.07 Å². The van der Waals surface area contributed by atoms with Crippen molar-refractivity contribution >= 4 is 15.7 Å². The lowest BCUT2D eigenvalue weighted by atomic mass is 10.2. The van der Waals surface area contributed by atoms with Crippen molar-refractivity contribution in [2.45, 2.75) is 11.1 Å². The lowest BCUT2D eigenvalue weighted by Crippen LogP contribution is -2.16. The first-order valence-electron chi connectivity index (χ1n) is 5.86. The Kier molecular flexibility index (Phi) is 4.29. The van der Waals surface area contributed by atoms with Gasteiger partial charge in [-0.15, -0.1) is 0 Å². The molecule has 0 fully saturated rings. The summed E-state index contributed by atoms with van der Waals surface area (Å²) in [5.41, 5.74) is -2.63. The van der Waals surface area contributed by atoms with Crippen LogP contribution in [0.4, 0.5) is 32.0 Å². The zero-order valence-corrected chi connectivity index (χ0v) is 11.8. The summed E-state index contributed by atoms with van der Waals surface area (Å²) in [6.07, 6.45) is -5.02. The van der Waals surface area contributed by atoms with E-state index in [4.69, 9.17) is 0 Å². The Morgan fingerprint density at radius 3 is 2.13 bits per heavy atom. The average Bonchev–Trinajstić information content (AvgIpc) is 2.42. The van der Waals surface area contributed by atoms with Crippen molar-refractivity contribution in [2.24, 2.45) is 0 Å². The molecule has 0 bridgehead atoms. The standard InChI is InChI=1S/C13H7F6NO2S/c14-9-5-4-7(6-10(9)15)23(21,22)20-11-3-1-2-8(12(11)16)13(17,18)19/h1-6,20H. The van der Waals surface area contributed by atoms with Crippen molar-refractivity contribution in [1.29, 1.82) is 0 Å². The SMILES string of the molecule is O=S(=O)(Nc1cccc(C(F)(F)F)c1F)c1ccc(F)c(F)c1. The van der Waals surface area contributed by atoms with E-state index in [0.717, 1.165) is 12.1 Å². The minimum Gasteiger partial charge on any atom is -0.277 e. The van der Waals surface area contributed by atoms with Crippen LogP contribution in [-0.2, 0) is 16.2 Å². The molecule has 0 radical (unpaired) electrons. The number of rotatable bonds is 3. The van der Waals surface area contributed by atoms with E-state index in [-0.39, 0.29) is 0 Å². The van der Waals surface area contributed by atoms with Gasteiger partial charge in [-0.2, -0.15) is 13.2 Å². The van der Waals surface area contributed by atoms with Crippen molar-refractivity contribution in [3.05, 3.63) is 59.4 Å². The monoisotopic (exact) mass is 355 g/mol.